The fourth-order valence-electron chi connectivity index (χ4n) is 2.49. The molecule has 0 bridgehead atoms. The molecule has 0 fully saturated rings. The number of amides is 1. The lowest BCUT2D eigenvalue weighted by atomic mass is 10.0. The molecule has 1 atom stereocenters. The number of nitrogens with two attached hydrogens (primary N) is 1. The molecule has 0 spiro atoms. The monoisotopic (exact) mass is 393 g/mol. The summed E-state index contributed by atoms with van der Waals surface area (Å²) < 4.78 is 0. The standard InChI is InChI=1S/C19H20BN4OS.C2H6/c1-2-4-17(13-7-9-15(22)10-8-13)24-19(25)14(12-21)11-16-5-3-6-18(20-26)23-16;1-2/h3,5-11,17,26H,2,4,22H2,1H3,(H,24,25);1-2H3/b14-11+;. The van der Waals surface area contributed by atoms with Gasteiger partial charge < -0.3 is 11.1 Å². The molecule has 2 rings (SSSR count). The van der Waals surface area contributed by atoms with Crippen LogP contribution in [-0.2, 0) is 4.79 Å². The van der Waals surface area contributed by atoms with Gasteiger partial charge in [0.05, 0.1) is 11.7 Å². The van der Waals surface area contributed by atoms with Crippen LogP contribution >= 0.6 is 12.5 Å². The maximum absolute atomic E-state index is 12.6. The van der Waals surface area contributed by atoms with E-state index in [0.717, 1.165) is 18.4 Å². The summed E-state index contributed by atoms with van der Waals surface area (Å²) in [5.41, 5.74) is 8.54. The smallest absolute Gasteiger partial charge is 0.262 e. The van der Waals surface area contributed by atoms with Crippen LogP contribution in [0.1, 0.15) is 50.9 Å². The third-order valence-corrected chi connectivity index (χ3v) is 4.07. The average molecular weight is 393 g/mol. The Bertz CT molecular complexity index is 831. The highest BCUT2D eigenvalue weighted by atomic mass is 32.1. The Morgan fingerprint density at radius 3 is 2.57 bits per heavy atom. The molecule has 1 aromatic carbocycles. The minimum atomic E-state index is -0.426. The Kier molecular flexibility index (Phi) is 10.5. The number of hydrogen-bond donors (Lipinski definition) is 3. The molecule has 0 aliphatic heterocycles. The molecular weight excluding hydrogens is 367 g/mol. The van der Waals surface area contributed by atoms with Gasteiger partial charge in [-0.25, -0.2) is 12.5 Å². The summed E-state index contributed by atoms with van der Waals surface area (Å²) in [4.78, 5) is 16.9. The number of nitrogen functional groups attached to an aromatic ring is 1. The van der Waals surface area contributed by atoms with E-state index in [-0.39, 0.29) is 11.6 Å². The summed E-state index contributed by atoms with van der Waals surface area (Å²) in [6.07, 6.45) is 3.13. The van der Waals surface area contributed by atoms with Crippen LogP contribution in [0.5, 0.6) is 0 Å². The van der Waals surface area contributed by atoms with E-state index in [2.05, 4.69) is 22.8 Å². The quantitative estimate of drug-likeness (QED) is 0.221. The zero-order valence-electron chi connectivity index (χ0n) is 16.5. The molecule has 7 heteroatoms. The lowest BCUT2D eigenvalue weighted by molar-refractivity contribution is -0.117. The Balaban J connectivity index is 0.00000190. The van der Waals surface area contributed by atoms with E-state index in [1.165, 1.54) is 6.08 Å². The van der Waals surface area contributed by atoms with Gasteiger partial charge in [0.2, 0.25) is 0 Å². The van der Waals surface area contributed by atoms with Gasteiger partial charge in [0, 0.05) is 11.3 Å². The zero-order chi connectivity index (χ0) is 20.9. The Hall–Kier alpha value is -2.72. The van der Waals surface area contributed by atoms with Crippen molar-refractivity contribution in [2.45, 2.75) is 39.7 Å². The fourth-order valence-corrected chi connectivity index (χ4v) is 2.64. The molecular formula is C21H26BN4OS. The van der Waals surface area contributed by atoms with Crippen molar-refractivity contribution in [3.63, 3.8) is 0 Å². The third-order valence-electron chi connectivity index (χ3n) is 3.80. The minimum Gasteiger partial charge on any atom is -0.399 e. The van der Waals surface area contributed by atoms with Crippen LogP contribution in [0.25, 0.3) is 6.08 Å². The van der Waals surface area contributed by atoms with Gasteiger partial charge in [-0.15, -0.1) is 0 Å². The van der Waals surface area contributed by atoms with Crippen LogP contribution in [0, 0.1) is 11.3 Å². The summed E-state index contributed by atoms with van der Waals surface area (Å²) in [7, 11) is 0. The average Bonchev–Trinajstić information content (AvgIpc) is 2.73. The Morgan fingerprint density at radius 1 is 1.32 bits per heavy atom. The molecule has 1 unspecified atom stereocenters. The van der Waals surface area contributed by atoms with Crippen LogP contribution in [0.4, 0.5) is 5.69 Å². The maximum Gasteiger partial charge on any atom is 0.262 e. The van der Waals surface area contributed by atoms with Crippen molar-refractivity contribution >= 4 is 42.3 Å². The number of anilines is 1. The summed E-state index contributed by atoms with van der Waals surface area (Å²) in [6, 6.07) is 14.5. The largest absolute Gasteiger partial charge is 0.399 e. The summed E-state index contributed by atoms with van der Waals surface area (Å²) >= 11 is 4.07. The van der Waals surface area contributed by atoms with E-state index >= 15 is 0 Å². The molecule has 2 aromatic rings. The van der Waals surface area contributed by atoms with Crippen LogP contribution in [0.3, 0.4) is 0 Å². The fraction of sp³-hybridized carbons (Fsp3) is 0.286. The molecule has 0 aliphatic carbocycles. The number of carbonyl (C=O) groups excluding carboxylic acids is 1. The van der Waals surface area contributed by atoms with E-state index < -0.39 is 5.91 Å². The van der Waals surface area contributed by atoms with Gasteiger partial charge >= 0.3 is 0 Å². The maximum atomic E-state index is 12.6. The third kappa shape index (κ3) is 7.13. The predicted molar refractivity (Wildman–Crippen MR) is 120 cm³/mol. The van der Waals surface area contributed by atoms with Crippen molar-refractivity contribution in [3.8, 4) is 6.07 Å². The molecule has 0 saturated heterocycles. The molecule has 1 heterocycles. The topological polar surface area (TPSA) is 91.8 Å². The van der Waals surface area contributed by atoms with Gasteiger partial charge in [0.25, 0.3) is 12.5 Å². The normalized spacial score (nSPS) is 11.5. The van der Waals surface area contributed by atoms with Crippen molar-refractivity contribution in [1.82, 2.24) is 10.3 Å². The second-order valence-electron chi connectivity index (χ2n) is 5.77. The minimum absolute atomic E-state index is 0.00497. The second kappa shape index (κ2) is 12.6. The molecule has 28 heavy (non-hydrogen) atoms. The van der Waals surface area contributed by atoms with Crippen LogP contribution < -0.4 is 16.6 Å². The highest BCUT2D eigenvalue weighted by Crippen LogP contribution is 2.20. The number of rotatable bonds is 7. The first-order chi connectivity index (χ1) is 13.6. The summed E-state index contributed by atoms with van der Waals surface area (Å²) in [5, 5.41) is 12.3. The Labute approximate surface area is 173 Å². The number of aromatic nitrogens is 1. The number of pyridine rings is 1. The van der Waals surface area contributed by atoms with Crippen LogP contribution in [-0.4, -0.2) is 17.4 Å². The molecule has 1 radical (unpaired) electrons. The number of nitrogens with one attached hydrogen (secondary N) is 1. The van der Waals surface area contributed by atoms with Gasteiger partial charge in [-0.3, -0.25) is 9.78 Å². The van der Waals surface area contributed by atoms with E-state index in [0.29, 0.717) is 17.0 Å². The lowest BCUT2D eigenvalue weighted by Gasteiger charge is -2.18. The van der Waals surface area contributed by atoms with Crippen LogP contribution in [0.15, 0.2) is 48.0 Å². The summed E-state index contributed by atoms with van der Waals surface area (Å²) in [6.45, 7) is 7.60. The van der Waals surface area contributed by atoms with E-state index in [9.17, 15) is 10.1 Å². The highest BCUT2D eigenvalue weighted by molar-refractivity contribution is 8.08. The number of nitriles is 1. The predicted octanol–water partition coefficient (Wildman–Crippen LogP) is 3.43. The van der Waals surface area contributed by atoms with Gasteiger partial charge in [-0.05, 0) is 42.3 Å². The van der Waals surface area contributed by atoms with Gasteiger partial charge in [0.15, 0.2) is 0 Å². The number of carbonyl (C=O) groups is 1. The molecule has 1 amide bonds. The molecule has 0 saturated carbocycles. The summed E-state index contributed by atoms with van der Waals surface area (Å²) in [5.74, 6) is -0.426. The molecule has 145 valence electrons. The van der Waals surface area contributed by atoms with Crippen molar-refractivity contribution in [3.05, 3.63) is 59.3 Å². The highest BCUT2D eigenvalue weighted by Gasteiger charge is 2.17. The van der Waals surface area contributed by atoms with Gasteiger partial charge in [0.1, 0.15) is 11.6 Å². The second-order valence-corrected chi connectivity index (χ2v) is 6.03. The number of thiol groups is 1. The van der Waals surface area contributed by atoms with Crippen molar-refractivity contribution < 1.29 is 4.79 Å². The first kappa shape index (κ1) is 23.3. The Morgan fingerprint density at radius 2 is 2.00 bits per heavy atom. The first-order valence-corrected chi connectivity index (χ1v) is 9.81. The molecule has 5 nitrogen and oxygen atoms in total. The van der Waals surface area contributed by atoms with Crippen molar-refractivity contribution in [2.75, 3.05) is 5.73 Å². The zero-order valence-corrected chi connectivity index (χ0v) is 17.4. The van der Waals surface area contributed by atoms with Crippen LogP contribution in [0.2, 0.25) is 0 Å². The van der Waals surface area contributed by atoms with Crippen molar-refractivity contribution in [2.24, 2.45) is 0 Å². The molecule has 1 aromatic heterocycles. The van der Waals surface area contributed by atoms with E-state index in [1.54, 1.807) is 36.9 Å². The van der Waals surface area contributed by atoms with Gasteiger partial charge in [-0.1, -0.05) is 45.4 Å². The van der Waals surface area contributed by atoms with Crippen molar-refractivity contribution in [1.29, 1.82) is 5.26 Å². The number of hydrogen-bond acceptors (Lipinski definition) is 5. The van der Waals surface area contributed by atoms with E-state index in [1.807, 2.05) is 39.0 Å². The van der Waals surface area contributed by atoms with Gasteiger partial charge in [-0.2, -0.15) is 5.26 Å². The first-order valence-electron chi connectivity index (χ1n) is 9.30. The molecule has 0 aliphatic rings. The number of benzene rings is 1. The molecule has 3 N–H and O–H groups in total. The SMILES string of the molecule is CC.CCCC(NC(=O)/C(C#N)=C/c1cccc([B]S)n1)c1ccc(N)cc1. The number of nitrogens with zero attached hydrogens (tertiary/aromatic N) is 2. The van der Waals surface area contributed by atoms with E-state index in [4.69, 9.17) is 5.73 Å². The lowest BCUT2D eigenvalue weighted by Crippen LogP contribution is -2.29.